The molecule has 1 N–H and O–H groups in total. The number of rotatable bonds is 6. The molecule has 0 unspecified atom stereocenters. The number of aryl methyl sites for hydroxylation is 1. The van der Waals surface area contributed by atoms with Gasteiger partial charge in [0.15, 0.2) is 0 Å². The molecule has 0 spiro atoms. The molecule has 0 aliphatic rings. The molecule has 2 aromatic rings. The number of nitrogens with one attached hydrogen (secondary N) is 1. The first-order chi connectivity index (χ1) is 12.2. The fourth-order valence-corrected chi connectivity index (χ4v) is 2.58. The molecule has 2 amide bonds. The van der Waals surface area contributed by atoms with E-state index in [9.17, 15) is 18.4 Å². The Kier molecular flexibility index (Phi) is 6.30. The van der Waals surface area contributed by atoms with Crippen LogP contribution in [0.1, 0.15) is 27.8 Å². The van der Waals surface area contributed by atoms with E-state index in [4.69, 9.17) is 0 Å². The zero-order valence-electron chi connectivity index (χ0n) is 14.3. The first-order valence-corrected chi connectivity index (χ1v) is 8.37. The molecule has 0 fully saturated rings. The summed E-state index contributed by atoms with van der Waals surface area (Å²) in [5.41, 5.74) is 0.267. The van der Waals surface area contributed by atoms with E-state index in [-0.39, 0.29) is 28.6 Å². The van der Waals surface area contributed by atoms with Crippen molar-refractivity contribution in [3.05, 3.63) is 40.1 Å². The maximum atomic E-state index is 12.6. The molecule has 0 bridgehead atoms. The average molecular weight is 431 g/mol. The molecular formula is C16H17BrF2N4O3. The van der Waals surface area contributed by atoms with Gasteiger partial charge in [-0.3, -0.25) is 14.3 Å². The molecule has 0 saturated carbocycles. The van der Waals surface area contributed by atoms with Gasteiger partial charge in [0.1, 0.15) is 11.4 Å². The van der Waals surface area contributed by atoms with Crippen LogP contribution >= 0.6 is 15.9 Å². The zero-order valence-corrected chi connectivity index (χ0v) is 15.9. The Bertz CT molecular complexity index is 824. The normalized spacial score (nSPS) is 10.7. The number of benzene rings is 1. The number of aromatic nitrogens is 2. The molecule has 1 aromatic heterocycles. The molecule has 2 rings (SSSR count). The van der Waals surface area contributed by atoms with Gasteiger partial charge < -0.3 is 15.0 Å². The molecule has 0 atom stereocenters. The van der Waals surface area contributed by atoms with Gasteiger partial charge in [0.2, 0.25) is 0 Å². The van der Waals surface area contributed by atoms with E-state index in [1.807, 2.05) is 0 Å². The van der Waals surface area contributed by atoms with Gasteiger partial charge >= 0.3 is 6.61 Å². The lowest BCUT2D eigenvalue weighted by molar-refractivity contribution is -0.0501. The predicted octanol–water partition coefficient (Wildman–Crippen LogP) is 3.22. The van der Waals surface area contributed by atoms with Crippen molar-refractivity contribution >= 4 is 33.4 Å². The summed E-state index contributed by atoms with van der Waals surface area (Å²) < 4.78 is 31.5. The van der Waals surface area contributed by atoms with E-state index < -0.39 is 12.5 Å². The van der Waals surface area contributed by atoms with Crippen LogP contribution in [0.5, 0.6) is 5.75 Å². The summed E-state index contributed by atoms with van der Waals surface area (Å²) in [5, 5.41) is 6.61. The molecule has 0 aliphatic carbocycles. The van der Waals surface area contributed by atoms with Crippen LogP contribution in [0.4, 0.5) is 14.5 Å². The third kappa shape index (κ3) is 4.37. The van der Waals surface area contributed by atoms with Crippen LogP contribution in [0.2, 0.25) is 0 Å². The number of nitrogens with zero attached hydrogens (tertiary/aromatic N) is 3. The van der Waals surface area contributed by atoms with E-state index in [0.717, 1.165) is 0 Å². The molecule has 7 nitrogen and oxygen atoms in total. The standard InChI is InChI=1S/C16H17BrF2N4O3/c1-4-23-13(15(25)22(2)3)11(8-20-23)21-14(24)10-7-9(17)5-6-12(10)26-16(18)19/h5-8,16H,4H2,1-3H3,(H,21,24). The van der Waals surface area contributed by atoms with Crippen LogP contribution in [0.3, 0.4) is 0 Å². The molecule has 0 radical (unpaired) electrons. The van der Waals surface area contributed by atoms with Crippen LogP contribution in [-0.2, 0) is 6.54 Å². The Morgan fingerprint density at radius 2 is 2.08 bits per heavy atom. The average Bonchev–Trinajstić information content (AvgIpc) is 2.97. The highest BCUT2D eigenvalue weighted by molar-refractivity contribution is 9.10. The largest absolute Gasteiger partial charge is 0.434 e. The number of carbonyl (C=O) groups is 2. The lowest BCUT2D eigenvalue weighted by atomic mass is 10.2. The van der Waals surface area contributed by atoms with E-state index in [2.05, 4.69) is 31.1 Å². The predicted molar refractivity (Wildman–Crippen MR) is 94.6 cm³/mol. The van der Waals surface area contributed by atoms with E-state index in [1.165, 1.54) is 34.0 Å². The number of amides is 2. The molecule has 1 heterocycles. The second-order valence-corrected chi connectivity index (χ2v) is 6.31. The minimum Gasteiger partial charge on any atom is -0.434 e. The van der Waals surface area contributed by atoms with Gasteiger partial charge in [-0.2, -0.15) is 13.9 Å². The molecule has 0 saturated heterocycles. The summed E-state index contributed by atoms with van der Waals surface area (Å²) in [6, 6.07) is 4.09. The van der Waals surface area contributed by atoms with E-state index >= 15 is 0 Å². The van der Waals surface area contributed by atoms with E-state index in [1.54, 1.807) is 21.0 Å². The van der Waals surface area contributed by atoms with E-state index in [0.29, 0.717) is 11.0 Å². The second-order valence-electron chi connectivity index (χ2n) is 5.40. The topological polar surface area (TPSA) is 76.5 Å². The number of alkyl halides is 2. The lowest BCUT2D eigenvalue weighted by Gasteiger charge is -2.14. The Morgan fingerprint density at radius 3 is 2.65 bits per heavy atom. The van der Waals surface area contributed by atoms with Crippen molar-refractivity contribution in [3.8, 4) is 5.75 Å². The maximum absolute atomic E-state index is 12.6. The van der Waals surface area contributed by atoms with Gasteiger partial charge in [-0.05, 0) is 25.1 Å². The highest BCUT2D eigenvalue weighted by atomic mass is 79.9. The number of hydrogen-bond donors (Lipinski definition) is 1. The van der Waals surface area contributed by atoms with Gasteiger partial charge in [-0.1, -0.05) is 15.9 Å². The monoisotopic (exact) mass is 430 g/mol. The molecule has 0 aliphatic heterocycles. The van der Waals surface area contributed by atoms with Crippen molar-refractivity contribution in [2.24, 2.45) is 0 Å². The van der Waals surface area contributed by atoms with Gasteiger partial charge in [0, 0.05) is 25.1 Å². The smallest absolute Gasteiger partial charge is 0.387 e. The third-order valence-electron chi connectivity index (χ3n) is 3.40. The van der Waals surface area contributed by atoms with Crippen molar-refractivity contribution in [2.75, 3.05) is 19.4 Å². The van der Waals surface area contributed by atoms with Crippen LogP contribution in [0, 0.1) is 0 Å². The van der Waals surface area contributed by atoms with Crippen molar-refractivity contribution in [1.82, 2.24) is 14.7 Å². The van der Waals surface area contributed by atoms with Crippen molar-refractivity contribution < 1.29 is 23.1 Å². The minimum atomic E-state index is -3.07. The van der Waals surface area contributed by atoms with Crippen molar-refractivity contribution in [2.45, 2.75) is 20.1 Å². The summed E-state index contributed by atoms with van der Waals surface area (Å²) in [6.45, 7) is -0.855. The van der Waals surface area contributed by atoms with Crippen molar-refractivity contribution in [1.29, 1.82) is 0 Å². The number of halogens is 3. The SMILES string of the molecule is CCn1ncc(NC(=O)c2cc(Br)ccc2OC(F)F)c1C(=O)N(C)C. The van der Waals surface area contributed by atoms with Crippen LogP contribution in [0.25, 0.3) is 0 Å². The Labute approximate surface area is 157 Å². The summed E-state index contributed by atoms with van der Waals surface area (Å²) in [7, 11) is 3.15. The molecule has 1 aromatic carbocycles. The van der Waals surface area contributed by atoms with Gasteiger partial charge in [0.25, 0.3) is 11.8 Å². The molecular weight excluding hydrogens is 414 g/mol. The molecule has 10 heteroatoms. The van der Waals surface area contributed by atoms with Crippen LogP contribution in [-0.4, -0.2) is 47.2 Å². The molecule has 140 valence electrons. The first kappa shape index (κ1) is 19.8. The lowest BCUT2D eigenvalue weighted by Crippen LogP contribution is -2.26. The Hall–Kier alpha value is -2.49. The zero-order chi connectivity index (χ0) is 19.4. The number of anilines is 1. The minimum absolute atomic E-state index is 0.104. The number of carbonyl (C=O) groups excluding carboxylic acids is 2. The Morgan fingerprint density at radius 1 is 1.38 bits per heavy atom. The van der Waals surface area contributed by atoms with Crippen molar-refractivity contribution in [3.63, 3.8) is 0 Å². The maximum Gasteiger partial charge on any atom is 0.387 e. The van der Waals surface area contributed by atoms with Gasteiger partial charge in [-0.15, -0.1) is 0 Å². The quantitative estimate of drug-likeness (QED) is 0.762. The summed E-state index contributed by atoms with van der Waals surface area (Å²) in [6.07, 6.45) is 1.34. The van der Waals surface area contributed by atoms with Gasteiger partial charge in [0.05, 0.1) is 17.4 Å². The first-order valence-electron chi connectivity index (χ1n) is 7.57. The molecule has 26 heavy (non-hydrogen) atoms. The van der Waals surface area contributed by atoms with Gasteiger partial charge in [-0.25, -0.2) is 0 Å². The van der Waals surface area contributed by atoms with Crippen LogP contribution < -0.4 is 10.1 Å². The fourth-order valence-electron chi connectivity index (χ4n) is 2.22. The fraction of sp³-hybridized carbons (Fsp3) is 0.312. The highest BCUT2D eigenvalue weighted by Gasteiger charge is 2.23. The number of hydrogen-bond acceptors (Lipinski definition) is 4. The Balaban J connectivity index is 2.38. The summed E-state index contributed by atoms with van der Waals surface area (Å²) >= 11 is 3.19. The highest BCUT2D eigenvalue weighted by Crippen LogP contribution is 2.26. The third-order valence-corrected chi connectivity index (χ3v) is 3.89. The summed E-state index contributed by atoms with van der Waals surface area (Å²) in [4.78, 5) is 26.3. The number of ether oxygens (including phenoxy) is 1. The summed E-state index contributed by atoms with van der Waals surface area (Å²) in [5.74, 6) is -1.33. The van der Waals surface area contributed by atoms with Crippen LogP contribution in [0.15, 0.2) is 28.9 Å². The second kappa shape index (κ2) is 8.26.